The third-order valence-corrected chi connectivity index (χ3v) is 16.8. The summed E-state index contributed by atoms with van der Waals surface area (Å²) in [6, 6.07) is 26.1. The van der Waals surface area contributed by atoms with Crippen LogP contribution in [0.2, 0.25) is 0 Å². The normalized spacial score (nSPS) is 11.7. The zero-order valence-corrected chi connectivity index (χ0v) is 54.7. The van der Waals surface area contributed by atoms with Gasteiger partial charge in [-0.3, -0.25) is 0 Å². The predicted molar refractivity (Wildman–Crippen MR) is 365 cm³/mol. The third kappa shape index (κ3) is 16.8. The van der Waals surface area contributed by atoms with Crippen molar-refractivity contribution in [3.8, 4) is 91.0 Å². The van der Waals surface area contributed by atoms with Gasteiger partial charge in [-0.15, -0.1) is 0 Å². The Bertz CT molecular complexity index is 3080. The molecule has 0 radical (unpaired) electrons. The van der Waals surface area contributed by atoms with E-state index in [4.69, 9.17) is 47.9 Å². The van der Waals surface area contributed by atoms with Gasteiger partial charge in [-0.25, -0.2) is 9.97 Å². The molecule has 88 heavy (non-hydrogen) atoms. The molecule has 0 saturated heterocycles. The maximum Gasteiger partial charge on any atom is 0.161 e. The number of H-pyrrole nitrogens is 2. The topological polar surface area (TPSA) is 131 Å². The zero-order chi connectivity index (χ0) is 61.5. The monoisotopic (exact) mass is 1200 g/mol. The molecular weight excluding hydrogens is 1100 g/mol. The van der Waals surface area contributed by atoms with E-state index < -0.39 is 0 Å². The van der Waals surface area contributed by atoms with E-state index in [1.54, 1.807) is 0 Å². The average Bonchev–Trinajstić information content (AvgIpc) is 2.01. The van der Waals surface area contributed by atoms with Gasteiger partial charge in [-0.2, -0.15) is 0 Å². The number of hydrogen-bond donors (Lipinski definition) is 2. The van der Waals surface area contributed by atoms with Crippen molar-refractivity contribution >= 4 is 43.6 Å². The first-order valence-corrected chi connectivity index (χ1v) is 34.4. The molecule has 12 heteroatoms. The molecule has 0 amide bonds. The minimum absolute atomic E-state index is 0.591. The van der Waals surface area contributed by atoms with Crippen LogP contribution < -0.4 is 37.9 Å². The van der Waals surface area contributed by atoms with Crippen LogP contribution in [0.4, 0.5) is 0 Å². The molecule has 0 saturated carbocycles. The van der Waals surface area contributed by atoms with Crippen molar-refractivity contribution < 1.29 is 37.9 Å². The van der Waals surface area contributed by atoms with Gasteiger partial charge in [0.2, 0.25) is 0 Å². The molecule has 2 aliphatic rings. The van der Waals surface area contributed by atoms with E-state index in [0.717, 1.165) is 289 Å². The third-order valence-electron chi connectivity index (χ3n) is 16.8. The molecule has 474 valence electrons. The second kappa shape index (κ2) is 34.0. The fourth-order valence-corrected chi connectivity index (χ4v) is 11.7. The highest BCUT2D eigenvalue weighted by molar-refractivity contribution is 6.12. The molecule has 2 aliphatic heterocycles. The molecule has 7 aromatic rings. The Kier molecular flexibility index (Phi) is 25.3. The Hall–Kier alpha value is -7.08. The van der Waals surface area contributed by atoms with Crippen molar-refractivity contribution in [1.82, 2.24) is 19.9 Å². The fraction of sp³-hybridized carbons (Fsp3) is 0.526. The number of benzene rings is 4. The number of aromatic nitrogens is 4. The van der Waals surface area contributed by atoms with Gasteiger partial charge in [-0.1, -0.05) is 158 Å². The zero-order valence-electron chi connectivity index (χ0n) is 54.7. The summed E-state index contributed by atoms with van der Waals surface area (Å²) in [6.45, 7) is 22.5. The summed E-state index contributed by atoms with van der Waals surface area (Å²) in [4.78, 5) is 19.2. The molecule has 0 fully saturated rings. The van der Waals surface area contributed by atoms with E-state index >= 15 is 0 Å². The SMILES string of the molecule is CCCCCOc1cc2c(cc1OCCCCC)-c1cc3[nH]c(cc4nc(cc5[nH]c(cc-2n1)c1cc(OCCCCC)c(OCCCCC)cc51)-c1cc(OCCCCC)c(OCCCCC)cc1-4)c1cc(OCCCCC)c(OCCCCC)cc31. The highest BCUT2D eigenvalue weighted by Crippen LogP contribution is 2.48. The highest BCUT2D eigenvalue weighted by atomic mass is 16.5. The minimum atomic E-state index is 0.591. The number of unbranched alkanes of at least 4 members (excludes halogenated alkanes) is 16. The van der Waals surface area contributed by atoms with Crippen LogP contribution in [-0.2, 0) is 0 Å². The lowest BCUT2D eigenvalue weighted by Gasteiger charge is -2.15. The van der Waals surface area contributed by atoms with Crippen LogP contribution >= 0.6 is 0 Å². The van der Waals surface area contributed by atoms with Crippen molar-refractivity contribution in [3.63, 3.8) is 0 Å². The Morgan fingerprint density at radius 1 is 0.227 bits per heavy atom. The van der Waals surface area contributed by atoms with Gasteiger partial charge < -0.3 is 47.9 Å². The summed E-state index contributed by atoms with van der Waals surface area (Å²) in [5.74, 6) is 5.83. The first-order chi connectivity index (χ1) is 43.3. The van der Waals surface area contributed by atoms with Gasteiger partial charge in [0.1, 0.15) is 0 Å². The van der Waals surface area contributed by atoms with Crippen LogP contribution in [0.25, 0.3) is 88.6 Å². The molecule has 4 aromatic carbocycles. The summed E-state index contributed by atoms with van der Waals surface area (Å²) in [7, 11) is 0. The maximum absolute atomic E-state index is 6.72. The van der Waals surface area contributed by atoms with Gasteiger partial charge in [0, 0.05) is 65.9 Å². The first kappa shape index (κ1) is 65.4. The number of nitrogens with one attached hydrogen (secondary N) is 2. The molecule has 0 spiro atoms. The molecule has 2 N–H and O–H groups in total. The van der Waals surface area contributed by atoms with Crippen molar-refractivity contribution in [2.24, 2.45) is 0 Å². The average molecular weight is 1200 g/mol. The summed E-state index contributed by atoms with van der Waals surface area (Å²) >= 11 is 0. The van der Waals surface area contributed by atoms with Gasteiger partial charge in [0.05, 0.1) is 75.6 Å². The van der Waals surface area contributed by atoms with Crippen LogP contribution in [0.5, 0.6) is 46.0 Å². The Balaban J connectivity index is 1.39. The number of fused-ring (bicyclic) bond motifs is 20. The Morgan fingerprint density at radius 3 is 0.568 bits per heavy atom. The van der Waals surface area contributed by atoms with E-state index in [1.165, 1.54) is 0 Å². The molecule has 12 nitrogen and oxygen atoms in total. The first-order valence-electron chi connectivity index (χ1n) is 34.4. The maximum atomic E-state index is 6.72. The highest BCUT2D eigenvalue weighted by Gasteiger charge is 2.26. The van der Waals surface area contributed by atoms with Gasteiger partial charge in [-0.05, 0) is 124 Å². The number of ether oxygens (including phenoxy) is 8. The summed E-state index contributed by atoms with van der Waals surface area (Å²) in [6.07, 6.45) is 25.1. The lowest BCUT2D eigenvalue weighted by Crippen LogP contribution is -2.03. The second-order valence-corrected chi connectivity index (χ2v) is 24.1. The number of aromatic amines is 2. The van der Waals surface area contributed by atoms with Crippen LogP contribution in [0.15, 0.2) is 72.8 Å². The van der Waals surface area contributed by atoms with E-state index in [0.29, 0.717) is 52.9 Å². The van der Waals surface area contributed by atoms with Gasteiger partial charge in [0.25, 0.3) is 0 Å². The van der Waals surface area contributed by atoms with Gasteiger partial charge >= 0.3 is 0 Å². The summed E-state index contributed by atoms with van der Waals surface area (Å²) < 4.78 is 53.7. The number of hydrogen-bond acceptors (Lipinski definition) is 10. The second-order valence-electron chi connectivity index (χ2n) is 24.1. The molecule has 0 atom stereocenters. The van der Waals surface area contributed by atoms with Crippen molar-refractivity contribution in [2.75, 3.05) is 52.9 Å². The summed E-state index contributed by atoms with van der Waals surface area (Å²) in [5.41, 5.74) is 10.6. The van der Waals surface area contributed by atoms with Crippen molar-refractivity contribution in [1.29, 1.82) is 0 Å². The Morgan fingerprint density at radius 2 is 0.398 bits per heavy atom. The van der Waals surface area contributed by atoms with Crippen molar-refractivity contribution in [2.45, 2.75) is 209 Å². The molecule has 3 aromatic heterocycles. The fourth-order valence-electron chi connectivity index (χ4n) is 11.7. The summed E-state index contributed by atoms with van der Waals surface area (Å²) in [5, 5.41) is 3.94. The van der Waals surface area contributed by atoms with Crippen LogP contribution in [-0.4, -0.2) is 72.8 Å². The largest absolute Gasteiger partial charge is 0.490 e. The van der Waals surface area contributed by atoms with Crippen molar-refractivity contribution in [3.05, 3.63) is 72.8 Å². The quantitative estimate of drug-likeness (QED) is 0.0358. The molecule has 0 aliphatic carbocycles. The lowest BCUT2D eigenvalue weighted by atomic mass is 10.0. The number of nitrogens with zero attached hydrogens (tertiary/aromatic N) is 2. The van der Waals surface area contributed by atoms with Gasteiger partial charge in [0.15, 0.2) is 46.0 Å². The minimum Gasteiger partial charge on any atom is -0.490 e. The molecule has 8 bridgehead atoms. The van der Waals surface area contributed by atoms with E-state index in [2.05, 4.69) is 138 Å². The van der Waals surface area contributed by atoms with E-state index in [1.807, 2.05) is 0 Å². The number of rotatable bonds is 40. The Labute approximate surface area is 525 Å². The van der Waals surface area contributed by atoms with E-state index in [9.17, 15) is 0 Å². The molecule has 0 unspecified atom stereocenters. The molecule has 5 heterocycles. The van der Waals surface area contributed by atoms with Crippen LogP contribution in [0.3, 0.4) is 0 Å². The standard InChI is InChI=1S/C76H102N4O8/c1-9-17-25-33-81-69-41-53-54(42-70(69)82-34-26-18-10-2)62-50-64-57-45-73(85-37-29-21-13-5)74(86-38-30-22-14-6)46-58(57)66(79-64)52-68-60-48-76(88-40-32-24-16-8)75(87-39-31-23-15-7)47-59(60)67(80-68)51-65-56-44-72(84-36-28-20-12-4)71(83-35-27-19-11-3)43-55(56)63(78-65)49-61(53)77-62/h41-52,77,80H,9-40H2,1-8H3. The van der Waals surface area contributed by atoms with Crippen LogP contribution in [0, 0.1) is 0 Å². The lowest BCUT2D eigenvalue weighted by molar-refractivity contribution is 0.260. The van der Waals surface area contributed by atoms with E-state index in [-0.39, 0.29) is 0 Å². The molecule has 9 rings (SSSR count). The predicted octanol–water partition coefficient (Wildman–Crippen LogP) is 21.8. The smallest absolute Gasteiger partial charge is 0.161 e. The molecular formula is C76H102N4O8. The van der Waals surface area contributed by atoms with Crippen LogP contribution in [0.1, 0.15) is 209 Å².